The summed E-state index contributed by atoms with van der Waals surface area (Å²) in [5.41, 5.74) is 1.03. The van der Waals surface area contributed by atoms with Crippen LogP contribution in [0.3, 0.4) is 0 Å². The Balaban J connectivity index is 2.35. The van der Waals surface area contributed by atoms with Gasteiger partial charge in [0, 0.05) is 17.6 Å². The Hall–Kier alpha value is -1.57. The van der Waals surface area contributed by atoms with Crippen LogP contribution in [0.5, 0.6) is 0 Å². The first-order valence-electron chi connectivity index (χ1n) is 5.76. The number of benzene rings is 1. The number of halogens is 1. The zero-order valence-electron chi connectivity index (χ0n) is 10.2. The molecule has 2 N–H and O–H groups in total. The van der Waals surface area contributed by atoms with E-state index in [1.165, 1.54) is 0 Å². The van der Waals surface area contributed by atoms with E-state index in [0.29, 0.717) is 18.0 Å². The smallest absolute Gasteiger partial charge is 0.234 e. The number of carbonyl (C=O) groups excluding carboxylic acids is 1. The predicted octanol–water partition coefficient (Wildman–Crippen LogP) is 2.02. The van der Waals surface area contributed by atoms with Gasteiger partial charge in [-0.15, -0.1) is 0 Å². The molecule has 0 saturated carbocycles. The quantitative estimate of drug-likeness (QED) is 0.774. The number of nitrogens with one attached hydrogen (secondary N) is 2. The molecular weight excluding hydrogens is 250 g/mol. The molecule has 1 unspecified atom stereocenters. The third-order valence-electron chi connectivity index (χ3n) is 2.48. The molecule has 1 atom stereocenters. The average Bonchev–Trinajstić information content (AvgIpc) is 2.36. The molecule has 0 bridgehead atoms. The van der Waals surface area contributed by atoms with Crippen molar-refractivity contribution in [1.29, 1.82) is 5.26 Å². The van der Waals surface area contributed by atoms with E-state index in [1.54, 1.807) is 0 Å². The van der Waals surface area contributed by atoms with Crippen molar-refractivity contribution in [3.63, 3.8) is 0 Å². The highest BCUT2D eigenvalue weighted by Gasteiger charge is 2.07. The minimum Gasteiger partial charge on any atom is -0.354 e. The fourth-order valence-corrected chi connectivity index (χ4v) is 1.66. The fourth-order valence-electron chi connectivity index (χ4n) is 1.46. The van der Waals surface area contributed by atoms with Crippen molar-refractivity contribution in [2.24, 2.45) is 0 Å². The van der Waals surface area contributed by atoms with Gasteiger partial charge in [-0.25, -0.2) is 0 Å². The normalized spacial score (nSPS) is 11.6. The molecule has 0 aliphatic heterocycles. The predicted molar refractivity (Wildman–Crippen MR) is 71.1 cm³/mol. The summed E-state index contributed by atoms with van der Waals surface area (Å²) in [6.45, 7) is 2.58. The van der Waals surface area contributed by atoms with Crippen molar-refractivity contribution < 1.29 is 4.79 Å². The number of carbonyl (C=O) groups is 1. The van der Waals surface area contributed by atoms with Gasteiger partial charge in [0.25, 0.3) is 0 Å². The first-order valence-corrected chi connectivity index (χ1v) is 6.13. The number of hydrogen-bond acceptors (Lipinski definition) is 3. The standard InChI is InChI=1S/C13H16ClN3O/c1-10(11-4-2-5-12(14)8-11)17-9-13(18)16-7-3-6-15/h2,4-5,8,10,17H,3,7,9H2,1H3,(H,16,18). The van der Waals surface area contributed by atoms with Crippen molar-refractivity contribution in [1.82, 2.24) is 10.6 Å². The van der Waals surface area contributed by atoms with Gasteiger partial charge >= 0.3 is 0 Å². The number of amides is 1. The second-order valence-corrected chi connectivity index (χ2v) is 4.35. The third kappa shape index (κ3) is 5.17. The Labute approximate surface area is 112 Å². The SMILES string of the molecule is CC(NCC(=O)NCCC#N)c1cccc(Cl)c1. The van der Waals surface area contributed by atoms with Crippen molar-refractivity contribution in [2.45, 2.75) is 19.4 Å². The summed E-state index contributed by atoms with van der Waals surface area (Å²) in [6, 6.07) is 9.53. The van der Waals surface area contributed by atoms with Crippen molar-refractivity contribution in [3.05, 3.63) is 34.9 Å². The fraction of sp³-hybridized carbons (Fsp3) is 0.385. The number of rotatable bonds is 6. The maximum Gasteiger partial charge on any atom is 0.234 e. The Morgan fingerprint density at radius 1 is 1.56 bits per heavy atom. The Morgan fingerprint density at radius 2 is 2.33 bits per heavy atom. The number of nitriles is 1. The topological polar surface area (TPSA) is 64.9 Å². The van der Waals surface area contributed by atoms with Crippen LogP contribution in [0.4, 0.5) is 0 Å². The van der Waals surface area contributed by atoms with Gasteiger partial charge in [-0.1, -0.05) is 23.7 Å². The molecule has 1 amide bonds. The lowest BCUT2D eigenvalue weighted by atomic mass is 10.1. The highest BCUT2D eigenvalue weighted by Crippen LogP contribution is 2.16. The summed E-state index contributed by atoms with van der Waals surface area (Å²) in [4.78, 5) is 11.4. The largest absolute Gasteiger partial charge is 0.354 e. The van der Waals surface area contributed by atoms with Crippen molar-refractivity contribution >= 4 is 17.5 Å². The van der Waals surface area contributed by atoms with Gasteiger partial charge in [-0.2, -0.15) is 5.26 Å². The minimum absolute atomic E-state index is 0.0467. The molecule has 1 rings (SSSR count). The molecule has 96 valence electrons. The second kappa shape index (κ2) is 7.70. The number of nitrogens with zero attached hydrogens (tertiary/aromatic N) is 1. The third-order valence-corrected chi connectivity index (χ3v) is 2.71. The average molecular weight is 266 g/mol. The summed E-state index contributed by atoms with van der Waals surface area (Å²) >= 11 is 5.90. The molecule has 0 heterocycles. The zero-order chi connectivity index (χ0) is 13.4. The molecule has 5 heteroatoms. The van der Waals surface area contributed by atoms with E-state index in [4.69, 9.17) is 16.9 Å². The van der Waals surface area contributed by atoms with Crippen molar-refractivity contribution in [3.8, 4) is 6.07 Å². The highest BCUT2D eigenvalue weighted by atomic mass is 35.5. The lowest BCUT2D eigenvalue weighted by molar-refractivity contribution is -0.120. The maximum absolute atomic E-state index is 11.4. The number of hydrogen-bond donors (Lipinski definition) is 2. The van der Waals surface area contributed by atoms with Gasteiger partial charge < -0.3 is 10.6 Å². The lowest BCUT2D eigenvalue weighted by Crippen LogP contribution is -2.35. The van der Waals surface area contributed by atoms with E-state index >= 15 is 0 Å². The van der Waals surface area contributed by atoms with Gasteiger partial charge in [0.2, 0.25) is 5.91 Å². The van der Waals surface area contributed by atoms with Gasteiger partial charge in [-0.05, 0) is 24.6 Å². The van der Waals surface area contributed by atoms with Crippen LogP contribution in [-0.2, 0) is 4.79 Å². The van der Waals surface area contributed by atoms with Gasteiger partial charge in [-0.3, -0.25) is 4.79 Å². The van der Waals surface area contributed by atoms with E-state index in [2.05, 4.69) is 10.6 Å². The summed E-state index contributed by atoms with van der Waals surface area (Å²) in [6.07, 6.45) is 0.329. The van der Waals surface area contributed by atoms with E-state index < -0.39 is 0 Å². The van der Waals surface area contributed by atoms with Crippen LogP contribution < -0.4 is 10.6 Å². The Bertz CT molecular complexity index is 442. The van der Waals surface area contributed by atoms with Gasteiger partial charge in [0.1, 0.15) is 0 Å². The Morgan fingerprint density at radius 3 is 3.00 bits per heavy atom. The van der Waals surface area contributed by atoms with Crippen LogP contribution in [0.1, 0.15) is 24.9 Å². The summed E-state index contributed by atoms with van der Waals surface area (Å²) in [5, 5.41) is 14.8. The summed E-state index contributed by atoms with van der Waals surface area (Å²) in [7, 11) is 0. The van der Waals surface area contributed by atoms with Gasteiger partial charge in [0.05, 0.1) is 19.0 Å². The highest BCUT2D eigenvalue weighted by molar-refractivity contribution is 6.30. The molecule has 1 aromatic carbocycles. The molecule has 1 aromatic rings. The van der Waals surface area contributed by atoms with E-state index in [0.717, 1.165) is 5.56 Å². The van der Waals surface area contributed by atoms with E-state index in [1.807, 2.05) is 37.3 Å². The molecule has 0 aromatic heterocycles. The van der Waals surface area contributed by atoms with Crippen LogP contribution in [-0.4, -0.2) is 19.0 Å². The van der Waals surface area contributed by atoms with Crippen molar-refractivity contribution in [2.75, 3.05) is 13.1 Å². The molecule has 0 aliphatic carbocycles. The molecule has 18 heavy (non-hydrogen) atoms. The summed E-state index contributed by atoms with van der Waals surface area (Å²) in [5.74, 6) is -0.112. The van der Waals surface area contributed by atoms with Crippen LogP contribution in [0.2, 0.25) is 5.02 Å². The molecule has 0 radical (unpaired) electrons. The first-order chi connectivity index (χ1) is 8.63. The Kier molecular flexibility index (Phi) is 6.20. The van der Waals surface area contributed by atoms with Gasteiger partial charge in [0.15, 0.2) is 0 Å². The van der Waals surface area contributed by atoms with Crippen LogP contribution in [0, 0.1) is 11.3 Å². The maximum atomic E-state index is 11.4. The second-order valence-electron chi connectivity index (χ2n) is 3.92. The minimum atomic E-state index is -0.112. The summed E-state index contributed by atoms with van der Waals surface area (Å²) < 4.78 is 0. The molecular formula is C13H16ClN3O. The molecule has 0 fully saturated rings. The lowest BCUT2D eigenvalue weighted by Gasteiger charge is -2.14. The first kappa shape index (κ1) is 14.5. The van der Waals surface area contributed by atoms with E-state index in [9.17, 15) is 4.79 Å². The zero-order valence-corrected chi connectivity index (χ0v) is 11.0. The monoisotopic (exact) mass is 265 g/mol. The van der Waals surface area contributed by atoms with Crippen LogP contribution in [0.15, 0.2) is 24.3 Å². The molecule has 0 saturated heterocycles. The van der Waals surface area contributed by atoms with Crippen LogP contribution >= 0.6 is 11.6 Å². The molecule has 4 nitrogen and oxygen atoms in total. The van der Waals surface area contributed by atoms with E-state index in [-0.39, 0.29) is 18.5 Å². The molecule has 0 spiro atoms. The molecule has 0 aliphatic rings. The van der Waals surface area contributed by atoms with Crippen LogP contribution in [0.25, 0.3) is 0 Å².